The van der Waals surface area contributed by atoms with Crippen molar-refractivity contribution in [2.75, 3.05) is 4.72 Å². The van der Waals surface area contributed by atoms with E-state index in [1.165, 1.54) is 6.92 Å². The highest BCUT2D eigenvalue weighted by atomic mass is 32.2. The van der Waals surface area contributed by atoms with Gasteiger partial charge in [-0.2, -0.15) is 13.2 Å². The normalized spacial score (nSPS) is 12.3. The number of benzene rings is 2. The molecule has 2 aromatic carbocycles. The van der Waals surface area contributed by atoms with Gasteiger partial charge in [-0.05, 0) is 48.9 Å². The molecule has 0 fully saturated rings. The van der Waals surface area contributed by atoms with Crippen LogP contribution in [0.25, 0.3) is 0 Å². The van der Waals surface area contributed by atoms with E-state index >= 15 is 0 Å². The zero-order valence-corrected chi connectivity index (χ0v) is 12.4. The average molecular weight is 351 g/mol. The first-order valence-corrected chi connectivity index (χ1v) is 7.65. The van der Waals surface area contributed by atoms with E-state index in [0.717, 1.165) is 18.2 Å². The molecule has 0 aliphatic rings. The summed E-state index contributed by atoms with van der Waals surface area (Å²) < 4.78 is 90.5. The van der Waals surface area contributed by atoms with Crippen molar-refractivity contribution >= 4 is 15.7 Å². The summed E-state index contributed by atoms with van der Waals surface area (Å²) >= 11 is 0. The molecule has 0 radical (unpaired) electrons. The summed E-state index contributed by atoms with van der Waals surface area (Å²) in [5, 5.41) is 0. The van der Waals surface area contributed by atoms with Crippen LogP contribution in [0.3, 0.4) is 0 Å². The molecule has 0 amide bonds. The predicted molar refractivity (Wildman–Crippen MR) is 73.3 cm³/mol. The van der Waals surface area contributed by atoms with Crippen molar-refractivity contribution in [3.8, 4) is 0 Å². The zero-order valence-electron chi connectivity index (χ0n) is 11.6. The molecule has 2 rings (SSSR count). The lowest BCUT2D eigenvalue weighted by Gasteiger charge is -2.13. The second-order valence-electron chi connectivity index (χ2n) is 4.70. The van der Waals surface area contributed by atoms with E-state index in [2.05, 4.69) is 0 Å². The van der Waals surface area contributed by atoms with Crippen LogP contribution in [0.4, 0.5) is 27.6 Å². The van der Waals surface area contributed by atoms with Gasteiger partial charge in [-0.15, -0.1) is 0 Å². The monoisotopic (exact) mass is 351 g/mol. The number of rotatable bonds is 3. The number of anilines is 1. The van der Waals surface area contributed by atoms with Crippen molar-refractivity contribution < 1.29 is 30.4 Å². The fraction of sp³-hybridized carbons (Fsp3) is 0.143. The summed E-state index contributed by atoms with van der Waals surface area (Å²) in [5.41, 5.74) is -1.44. The Kier molecular flexibility index (Phi) is 4.34. The highest BCUT2D eigenvalue weighted by Crippen LogP contribution is 2.33. The molecular weight excluding hydrogens is 341 g/mol. The lowest BCUT2D eigenvalue weighted by atomic mass is 10.2. The number of hydrogen-bond donors (Lipinski definition) is 1. The summed E-state index contributed by atoms with van der Waals surface area (Å²) in [4.78, 5) is -0.755. The third-order valence-corrected chi connectivity index (χ3v) is 4.35. The van der Waals surface area contributed by atoms with Crippen LogP contribution in [-0.4, -0.2) is 8.42 Å². The standard InChI is InChI=1S/C14H10F5NO2S/c1-8-6-9(15)2-5-13(8)20-23(21,22)10-3-4-12(16)11(7-10)14(17,18)19/h2-7,20H,1H3. The Morgan fingerprint density at radius 1 is 1.00 bits per heavy atom. The van der Waals surface area contributed by atoms with E-state index in [9.17, 15) is 30.4 Å². The Bertz CT molecular complexity index is 847. The van der Waals surface area contributed by atoms with Crippen molar-refractivity contribution in [1.29, 1.82) is 0 Å². The van der Waals surface area contributed by atoms with E-state index in [4.69, 9.17) is 0 Å². The van der Waals surface area contributed by atoms with E-state index < -0.39 is 38.3 Å². The SMILES string of the molecule is Cc1cc(F)ccc1NS(=O)(=O)c1ccc(F)c(C(F)(F)F)c1. The number of halogens is 5. The van der Waals surface area contributed by atoms with Gasteiger partial charge in [0, 0.05) is 0 Å². The Morgan fingerprint density at radius 3 is 2.22 bits per heavy atom. The first kappa shape index (κ1) is 17.2. The Labute approximate surface area is 128 Å². The Morgan fingerprint density at radius 2 is 1.65 bits per heavy atom. The highest BCUT2D eigenvalue weighted by Gasteiger charge is 2.35. The first-order chi connectivity index (χ1) is 10.5. The van der Waals surface area contributed by atoms with Crippen LogP contribution in [0.15, 0.2) is 41.3 Å². The van der Waals surface area contributed by atoms with Gasteiger partial charge < -0.3 is 0 Å². The average Bonchev–Trinajstić information content (AvgIpc) is 2.41. The van der Waals surface area contributed by atoms with Crippen LogP contribution in [0.2, 0.25) is 0 Å². The second kappa shape index (κ2) is 5.80. The van der Waals surface area contributed by atoms with Crippen LogP contribution in [0.1, 0.15) is 11.1 Å². The topological polar surface area (TPSA) is 46.2 Å². The van der Waals surface area contributed by atoms with Crippen molar-refractivity contribution in [2.45, 2.75) is 18.0 Å². The molecule has 0 aromatic heterocycles. The Hall–Kier alpha value is -2.16. The molecule has 0 bridgehead atoms. The molecule has 23 heavy (non-hydrogen) atoms. The van der Waals surface area contributed by atoms with Crippen molar-refractivity contribution in [2.24, 2.45) is 0 Å². The molecule has 0 aliphatic carbocycles. The number of hydrogen-bond acceptors (Lipinski definition) is 2. The molecule has 0 heterocycles. The molecule has 3 nitrogen and oxygen atoms in total. The van der Waals surface area contributed by atoms with Crippen LogP contribution < -0.4 is 4.72 Å². The zero-order chi connectivity index (χ0) is 17.4. The van der Waals surface area contributed by atoms with E-state index in [-0.39, 0.29) is 17.3 Å². The summed E-state index contributed by atoms with van der Waals surface area (Å²) in [6.45, 7) is 1.42. The summed E-state index contributed by atoms with van der Waals surface area (Å²) in [5.74, 6) is -2.17. The third-order valence-electron chi connectivity index (χ3n) is 2.99. The Balaban J connectivity index is 2.44. The maximum atomic E-state index is 13.2. The molecule has 0 saturated carbocycles. The van der Waals surface area contributed by atoms with Crippen molar-refractivity contribution in [3.05, 3.63) is 59.2 Å². The van der Waals surface area contributed by atoms with Crippen molar-refractivity contribution in [1.82, 2.24) is 0 Å². The second-order valence-corrected chi connectivity index (χ2v) is 6.39. The molecule has 0 saturated heterocycles. The molecule has 124 valence electrons. The minimum absolute atomic E-state index is 0.00397. The first-order valence-electron chi connectivity index (χ1n) is 6.16. The van der Waals surface area contributed by atoms with Gasteiger partial charge >= 0.3 is 6.18 Å². The van der Waals surface area contributed by atoms with Gasteiger partial charge in [-0.25, -0.2) is 17.2 Å². The van der Waals surface area contributed by atoms with Gasteiger partial charge in [0.15, 0.2) is 0 Å². The van der Waals surface area contributed by atoms with Crippen molar-refractivity contribution in [3.63, 3.8) is 0 Å². The quantitative estimate of drug-likeness (QED) is 0.847. The van der Waals surface area contributed by atoms with E-state index in [0.29, 0.717) is 12.1 Å². The summed E-state index contributed by atoms with van der Waals surface area (Å²) in [7, 11) is -4.39. The van der Waals surface area contributed by atoms with Crippen LogP contribution in [-0.2, 0) is 16.2 Å². The third kappa shape index (κ3) is 3.79. The maximum Gasteiger partial charge on any atom is 0.419 e. The molecule has 0 spiro atoms. The molecule has 2 aromatic rings. The van der Waals surface area contributed by atoms with Gasteiger partial charge in [0.2, 0.25) is 0 Å². The molecule has 0 aliphatic heterocycles. The van der Waals surface area contributed by atoms with E-state index in [1.807, 2.05) is 4.72 Å². The number of sulfonamides is 1. The van der Waals surface area contributed by atoms with E-state index in [1.54, 1.807) is 0 Å². The predicted octanol–water partition coefficient (Wildman–Crippen LogP) is 4.09. The molecule has 9 heteroatoms. The fourth-order valence-electron chi connectivity index (χ4n) is 1.83. The lowest BCUT2D eigenvalue weighted by molar-refractivity contribution is -0.140. The minimum Gasteiger partial charge on any atom is -0.279 e. The van der Waals surface area contributed by atoms with Gasteiger partial charge in [0.1, 0.15) is 11.6 Å². The summed E-state index contributed by atoms with van der Waals surface area (Å²) in [6.07, 6.45) is -5.03. The largest absolute Gasteiger partial charge is 0.419 e. The minimum atomic E-state index is -5.03. The van der Waals surface area contributed by atoms with Gasteiger partial charge in [0.25, 0.3) is 10.0 Å². The highest BCUT2D eigenvalue weighted by molar-refractivity contribution is 7.92. The number of aryl methyl sites for hydroxylation is 1. The van der Waals surface area contributed by atoms with Crippen LogP contribution in [0, 0.1) is 18.6 Å². The molecule has 0 unspecified atom stereocenters. The molecule has 0 atom stereocenters. The summed E-state index contributed by atoms with van der Waals surface area (Å²) in [6, 6.07) is 4.54. The van der Waals surface area contributed by atoms with Crippen LogP contribution >= 0.6 is 0 Å². The lowest BCUT2D eigenvalue weighted by Crippen LogP contribution is -2.16. The smallest absolute Gasteiger partial charge is 0.279 e. The maximum absolute atomic E-state index is 13.2. The number of alkyl halides is 3. The van der Waals surface area contributed by atoms with Gasteiger partial charge in [0.05, 0.1) is 16.1 Å². The van der Waals surface area contributed by atoms with Gasteiger partial charge in [-0.3, -0.25) is 4.72 Å². The molecular formula is C14H10F5NO2S. The molecule has 1 N–H and O–H groups in total. The number of nitrogens with one attached hydrogen (secondary N) is 1. The van der Waals surface area contributed by atoms with Crippen LogP contribution in [0.5, 0.6) is 0 Å². The van der Waals surface area contributed by atoms with Gasteiger partial charge in [-0.1, -0.05) is 0 Å². The fourth-order valence-corrected chi connectivity index (χ4v) is 2.99.